The summed E-state index contributed by atoms with van der Waals surface area (Å²) in [5.74, 6) is -0.636. The van der Waals surface area contributed by atoms with Gasteiger partial charge in [0.05, 0.1) is 35.2 Å². The van der Waals surface area contributed by atoms with Crippen molar-refractivity contribution in [3.8, 4) is 6.07 Å². The normalized spacial score (nSPS) is 14.6. The third-order valence-electron chi connectivity index (χ3n) is 4.94. The van der Waals surface area contributed by atoms with Crippen LogP contribution in [0.3, 0.4) is 0 Å². The van der Waals surface area contributed by atoms with Crippen molar-refractivity contribution in [3.63, 3.8) is 0 Å². The van der Waals surface area contributed by atoms with E-state index in [0.29, 0.717) is 18.8 Å². The number of thioether (sulfide) groups is 1. The van der Waals surface area contributed by atoms with Crippen molar-refractivity contribution in [2.75, 3.05) is 43.8 Å². The molecule has 1 N–H and O–H groups in total. The molecule has 0 aromatic heterocycles. The van der Waals surface area contributed by atoms with Crippen LogP contribution in [0.5, 0.6) is 0 Å². The van der Waals surface area contributed by atoms with Crippen molar-refractivity contribution < 1.29 is 22.8 Å². The number of anilines is 1. The van der Waals surface area contributed by atoms with Gasteiger partial charge in [0.1, 0.15) is 0 Å². The number of hydrogen-bond acceptors (Lipinski definition) is 5. The van der Waals surface area contributed by atoms with E-state index < -0.39 is 17.6 Å². The molecule has 1 fully saturated rings. The van der Waals surface area contributed by atoms with Crippen LogP contribution in [0.2, 0.25) is 0 Å². The number of amides is 2. The molecule has 1 heterocycles. The van der Waals surface area contributed by atoms with E-state index in [9.17, 15) is 22.8 Å². The van der Waals surface area contributed by atoms with Crippen LogP contribution in [-0.2, 0) is 11.0 Å². The lowest BCUT2D eigenvalue weighted by molar-refractivity contribution is -0.138. The average Bonchev–Trinajstić information content (AvgIpc) is 2.78. The fraction of sp³-hybridized carbons (Fsp3) is 0.318. The number of benzene rings is 2. The molecule has 168 valence electrons. The molecule has 2 amide bonds. The Morgan fingerprint density at radius 2 is 1.69 bits per heavy atom. The molecule has 0 atom stereocenters. The molecule has 1 saturated heterocycles. The Hall–Kier alpha value is -3.03. The SMILES string of the molecule is N#CCSc1ccccc1NC(=O)CN1CCN(C(=O)c2ccccc2C(F)(F)F)CC1. The van der Waals surface area contributed by atoms with E-state index in [0.717, 1.165) is 11.0 Å². The summed E-state index contributed by atoms with van der Waals surface area (Å²) in [5, 5.41) is 11.6. The molecule has 10 heteroatoms. The first-order valence-electron chi connectivity index (χ1n) is 9.86. The van der Waals surface area contributed by atoms with Crippen LogP contribution in [-0.4, -0.2) is 60.1 Å². The van der Waals surface area contributed by atoms with Gasteiger partial charge in [0.2, 0.25) is 5.91 Å². The standard InChI is InChI=1S/C22H21F3N4O2S/c23-22(24,25)17-6-2-1-5-16(17)21(31)29-12-10-28(11-13-29)15-20(30)27-18-7-3-4-8-19(18)32-14-9-26/h1-8H,10-15H2,(H,27,30). The Labute approximate surface area is 188 Å². The van der Waals surface area contributed by atoms with Gasteiger partial charge in [-0.15, -0.1) is 11.8 Å². The maximum Gasteiger partial charge on any atom is 0.417 e. The highest BCUT2D eigenvalue weighted by Gasteiger charge is 2.36. The molecule has 0 bridgehead atoms. The number of para-hydroxylation sites is 1. The van der Waals surface area contributed by atoms with E-state index in [1.807, 2.05) is 23.1 Å². The minimum atomic E-state index is -4.60. The number of nitrogens with zero attached hydrogens (tertiary/aromatic N) is 3. The van der Waals surface area contributed by atoms with Crippen molar-refractivity contribution in [2.24, 2.45) is 0 Å². The van der Waals surface area contributed by atoms with Crippen LogP contribution in [0, 0.1) is 11.3 Å². The maximum absolute atomic E-state index is 13.2. The zero-order valence-corrected chi connectivity index (χ0v) is 17.9. The lowest BCUT2D eigenvalue weighted by Gasteiger charge is -2.34. The Morgan fingerprint density at radius 3 is 2.38 bits per heavy atom. The lowest BCUT2D eigenvalue weighted by Crippen LogP contribution is -2.50. The Morgan fingerprint density at radius 1 is 1.03 bits per heavy atom. The topological polar surface area (TPSA) is 76.4 Å². The smallest absolute Gasteiger partial charge is 0.336 e. The molecule has 2 aromatic carbocycles. The molecule has 0 radical (unpaired) electrons. The molecule has 0 spiro atoms. The molecule has 32 heavy (non-hydrogen) atoms. The minimum Gasteiger partial charge on any atom is -0.336 e. The summed E-state index contributed by atoms with van der Waals surface area (Å²) >= 11 is 1.33. The Bertz CT molecular complexity index is 1010. The summed E-state index contributed by atoms with van der Waals surface area (Å²) in [6.45, 7) is 1.30. The average molecular weight is 462 g/mol. The predicted octanol–water partition coefficient (Wildman–Crippen LogP) is 3.72. The third kappa shape index (κ3) is 6.02. The fourth-order valence-corrected chi connectivity index (χ4v) is 4.06. The lowest BCUT2D eigenvalue weighted by atomic mass is 10.1. The fourth-order valence-electron chi connectivity index (χ4n) is 3.39. The highest BCUT2D eigenvalue weighted by atomic mass is 32.2. The van der Waals surface area contributed by atoms with Gasteiger partial charge >= 0.3 is 6.18 Å². The van der Waals surface area contributed by atoms with Gasteiger partial charge in [0.15, 0.2) is 0 Å². The minimum absolute atomic E-state index is 0.0957. The molecule has 3 rings (SSSR count). The van der Waals surface area contributed by atoms with Crippen LogP contribution in [0.15, 0.2) is 53.4 Å². The van der Waals surface area contributed by atoms with Gasteiger partial charge in [-0.05, 0) is 24.3 Å². The van der Waals surface area contributed by atoms with Gasteiger partial charge in [0.25, 0.3) is 5.91 Å². The number of nitriles is 1. The summed E-state index contributed by atoms with van der Waals surface area (Å²) in [7, 11) is 0. The zero-order chi connectivity index (χ0) is 23.1. The number of rotatable bonds is 6. The Balaban J connectivity index is 1.55. The number of carbonyl (C=O) groups is 2. The molecular weight excluding hydrogens is 441 g/mol. The second-order valence-corrected chi connectivity index (χ2v) is 8.12. The quantitative estimate of drug-likeness (QED) is 0.663. The van der Waals surface area contributed by atoms with Crippen LogP contribution in [0.1, 0.15) is 15.9 Å². The number of halogens is 3. The summed E-state index contributed by atoms with van der Waals surface area (Å²) in [6, 6.07) is 14.0. The molecule has 1 aliphatic heterocycles. The Kier molecular flexibility index (Phi) is 7.77. The molecule has 0 saturated carbocycles. The van der Waals surface area contributed by atoms with Crippen LogP contribution < -0.4 is 5.32 Å². The number of carbonyl (C=O) groups excluding carboxylic acids is 2. The highest BCUT2D eigenvalue weighted by Crippen LogP contribution is 2.32. The van der Waals surface area contributed by atoms with Gasteiger partial charge in [-0.25, -0.2) is 0 Å². The molecule has 0 unspecified atom stereocenters. The molecule has 1 aliphatic rings. The number of nitrogens with one attached hydrogen (secondary N) is 1. The van der Waals surface area contributed by atoms with E-state index >= 15 is 0 Å². The summed E-state index contributed by atoms with van der Waals surface area (Å²) < 4.78 is 39.6. The van der Waals surface area contributed by atoms with Crippen molar-refractivity contribution in [3.05, 3.63) is 59.7 Å². The van der Waals surface area contributed by atoms with Crippen molar-refractivity contribution in [2.45, 2.75) is 11.1 Å². The first-order chi connectivity index (χ1) is 15.3. The molecule has 6 nitrogen and oxygen atoms in total. The largest absolute Gasteiger partial charge is 0.417 e. The summed E-state index contributed by atoms with van der Waals surface area (Å²) in [4.78, 5) is 29.2. The predicted molar refractivity (Wildman–Crippen MR) is 115 cm³/mol. The van der Waals surface area contributed by atoms with E-state index in [1.165, 1.54) is 34.9 Å². The second kappa shape index (κ2) is 10.5. The van der Waals surface area contributed by atoms with E-state index in [-0.39, 0.29) is 36.9 Å². The number of alkyl halides is 3. The van der Waals surface area contributed by atoms with E-state index in [4.69, 9.17) is 5.26 Å². The van der Waals surface area contributed by atoms with Crippen molar-refractivity contribution >= 4 is 29.3 Å². The first kappa shape index (κ1) is 23.6. The van der Waals surface area contributed by atoms with Gasteiger partial charge in [-0.2, -0.15) is 18.4 Å². The molecular formula is C22H21F3N4O2S. The van der Waals surface area contributed by atoms with Gasteiger partial charge in [-0.3, -0.25) is 14.5 Å². The monoisotopic (exact) mass is 462 g/mol. The van der Waals surface area contributed by atoms with Crippen molar-refractivity contribution in [1.29, 1.82) is 5.26 Å². The third-order valence-corrected chi connectivity index (χ3v) is 5.88. The van der Waals surface area contributed by atoms with Crippen molar-refractivity contribution in [1.82, 2.24) is 9.80 Å². The summed E-state index contributed by atoms with van der Waals surface area (Å²) in [6.07, 6.45) is -4.60. The van der Waals surface area contributed by atoms with Gasteiger partial charge < -0.3 is 10.2 Å². The van der Waals surface area contributed by atoms with Gasteiger partial charge in [0, 0.05) is 31.1 Å². The van der Waals surface area contributed by atoms with E-state index in [2.05, 4.69) is 5.32 Å². The molecule has 2 aromatic rings. The zero-order valence-electron chi connectivity index (χ0n) is 17.1. The van der Waals surface area contributed by atoms with Crippen LogP contribution >= 0.6 is 11.8 Å². The first-order valence-corrected chi connectivity index (χ1v) is 10.8. The molecule has 0 aliphatic carbocycles. The maximum atomic E-state index is 13.2. The number of piperazine rings is 1. The van der Waals surface area contributed by atoms with E-state index in [1.54, 1.807) is 12.1 Å². The second-order valence-electron chi connectivity index (χ2n) is 7.10. The highest BCUT2D eigenvalue weighted by molar-refractivity contribution is 7.99. The van der Waals surface area contributed by atoms with Crippen LogP contribution in [0.4, 0.5) is 18.9 Å². The van der Waals surface area contributed by atoms with Gasteiger partial charge in [-0.1, -0.05) is 24.3 Å². The van der Waals surface area contributed by atoms with Crippen LogP contribution in [0.25, 0.3) is 0 Å². The summed E-state index contributed by atoms with van der Waals surface area (Å²) in [5.41, 5.74) is -0.687. The number of hydrogen-bond donors (Lipinski definition) is 1.